The van der Waals surface area contributed by atoms with Crippen LogP contribution in [0.4, 0.5) is 11.5 Å². The van der Waals surface area contributed by atoms with E-state index in [4.69, 9.17) is 11.6 Å². The van der Waals surface area contributed by atoms with E-state index in [1.165, 1.54) is 6.20 Å². The predicted molar refractivity (Wildman–Crippen MR) is 75.5 cm³/mol. The van der Waals surface area contributed by atoms with Crippen molar-refractivity contribution in [1.29, 1.82) is 0 Å². The van der Waals surface area contributed by atoms with E-state index in [0.29, 0.717) is 17.4 Å². The fourth-order valence-electron chi connectivity index (χ4n) is 2.18. The van der Waals surface area contributed by atoms with Crippen LogP contribution in [0.2, 0.25) is 5.02 Å². The molecule has 1 aromatic carbocycles. The molecule has 19 heavy (non-hydrogen) atoms. The molecular formula is C14H12ClN3O. The fourth-order valence-corrected chi connectivity index (χ4v) is 2.29. The number of hydrogen-bond donors (Lipinski definition) is 2. The van der Waals surface area contributed by atoms with Gasteiger partial charge in [0.25, 0.3) is 0 Å². The Morgan fingerprint density at radius 1 is 1.32 bits per heavy atom. The van der Waals surface area contributed by atoms with Gasteiger partial charge in [0.1, 0.15) is 5.82 Å². The second-order valence-electron chi connectivity index (χ2n) is 4.37. The normalized spacial score (nSPS) is 16.6. The van der Waals surface area contributed by atoms with Crippen LogP contribution in [0.15, 0.2) is 42.6 Å². The summed E-state index contributed by atoms with van der Waals surface area (Å²) in [5, 5.41) is 6.57. The smallest absolute Gasteiger partial charge is 0.234 e. The number of aromatic nitrogens is 1. The summed E-state index contributed by atoms with van der Waals surface area (Å²) >= 11 is 5.76. The topological polar surface area (TPSA) is 54.0 Å². The van der Waals surface area contributed by atoms with Crippen LogP contribution in [0.25, 0.3) is 0 Å². The summed E-state index contributed by atoms with van der Waals surface area (Å²) in [6.07, 6.45) is 1.51. The average molecular weight is 274 g/mol. The van der Waals surface area contributed by atoms with Gasteiger partial charge in [-0.2, -0.15) is 0 Å². The molecule has 1 aliphatic rings. The maximum absolute atomic E-state index is 12.2. The van der Waals surface area contributed by atoms with Crippen molar-refractivity contribution in [2.75, 3.05) is 17.2 Å². The number of nitrogens with zero attached hydrogens (tertiary/aromatic N) is 1. The van der Waals surface area contributed by atoms with E-state index in [1.807, 2.05) is 24.3 Å². The number of nitrogens with one attached hydrogen (secondary N) is 2. The van der Waals surface area contributed by atoms with Crippen LogP contribution in [0.3, 0.4) is 0 Å². The molecule has 1 aromatic heterocycles. The standard InChI is InChI=1S/C14H12ClN3O/c15-9-5-6-13(17-7-9)18-14(19)11-8-16-12-4-2-1-3-10(11)12/h1-7,11,16H,8H2,(H,17,18,19). The number of rotatable bonds is 2. The van der Waals surface area contributed by atoms with Gasteiger partial charge in [0.15, 0.2) is 0 Å². The highest BCUT2D eigenvalue weighted by Crippen LogP contribution is 2.31. The molecule has 1 aliphatic heterocycles. The average Bonchev–Trinajstić information content (AvgIpc) is 2.85. The first-order valence-corrected chi connectivity index (χ1v) is 6.37. The van der Waals surface area contributed by atoms with Crippen molar-refractivity contribution < 1.29 is 4.79 Å². The summed E-state index contributed by atoms with van der Waals surface area (Å²) in [6.45, 7) is 0.610. The second kappa shape index (κ2) is 4.90. The molecule has 0 saturated heterocycles. The van der Waals surface area contributed by atoms with E-state index in [-0.39, 0.29) is 11.8 Å². The molecule has 0 bridgehead atoms. The zero-order valence-electron chi connectivity index (χ0n) is 10.1. The maximum Gasteiger partial charge on any atom is 0.234 e. The van der Waals surface area contributed by atoms with Crippen molar-refractivity contribution >= 4 is 29.0 Å². The molecule has 3 rings (SSSR count). The largest absolute Gasteiger partial charge is 0.384 e. The monoisotopic (exact) mass is 273 g/mol. The summed E-state index contributed by atoms with van der Waals surface area (Å²) in [7, 11) is 0. The molecule has 1 atom stereocenters. The number of benzene rings is 1. The Kier molecular flexibility index (Phi) is 3.09. The van der Waals surface area contributed by atoms with Crippen molar-refractivity contribution in [2.24, 2.45) is 0 Å². The lowest BCUT2D eigenvalue weighted by atomic mass is 10.0. The Labute approximate surface area is 115 Å². The molecule has 4 nitrogen and oxygen atoms in total. The van der Waals surface area contributed by atoms with Gasteiger partial charge in [-0.1, -0.05) is 29.8 Å². The van der Waals surface area contributed by atoms with E-state index in [2.05, 4.69) is 15.6 Å². The summed E-state index contributed by atoms with van der Waals surface area (Å²) in [5.74, 6) is 0.264. The molecule has 0 aliphatic carbocycles. The lowest BCUT2D eigenvalue weighted by Crippen LogP contribution is -2.22. The molecule has 0 radical (unpaired) electrons. The summed E-state index contributed by atoms with van der Waals surface area (Å²) in [5.41, 5.74) is 2.04. The quantitative estimate of drug-likeness (QED) is 0.885. The van der Waals surface area contributed by atoms with Crippen LogP contribution in [0.5, 0.6) is 0 Å². The molecular weight excluding hydrogens is 262 g/mol. The molecule has 0 saturated carbocycles. The van der Waals surface area contributed by atoms with Gasteiger partial charge in [-0.05, 0) is 23.8 Å². The van der Waals surface area contributed by atoms with Crippen LogP contribution in [0, 0.1) is 0 Å². The highest BCUT2D eigenvalue weighted by atomic mass is 35.5. The highest BCUT2D eigenvalue weighted by Gasteiger charge is 2.28. The Balaban J connectivity index is 1.77. The lowest BCUT2D eigenvalue weighted by Gasteiger charge is -2.10. The number of carbonyl (C=O) groups is 1. The maximum atomic E-state index is 12.2. The van der Waals surface area contributed by atoms with Gasteiger partial charge >= 0.3 is 0 Å². The number of anilines is 2. The summed E-state index contributed by atoms with van der Waals surface area (Å²) in [6, 6.07) is 11.2. The minimum absolute atomic E-state index is 0.0627. The van der Waals surface area contributed by atoms with Gasteiger partial charge < -0.3 is 10.6 Å². The minimum Gasteiger partial charge on any atom is -0.384 e. The van der Waals surface area contributed by atoms with Crippen molar-refractivity contribution in [2.45, 2.75) is 5.92 Å². The predicted octanol–water partition coefficient (Wildman–Crippen LogP) is 2.88. The Morgan fingerprint density at radius 2 is 2.16 bits per heavy atom. The van der Waals surface area contributed by atoms with Crippen molar-refractivity contribution in [3.8, 4) is 0 Å². The van der Waals surface area contributed by atoms with Gasteiger partial charge in [0, 0.05) is 18.4 Å². The molecule has 1 amide bonds. The molecule has 0 fully saturated rings. The SMILES string of the molecule is O=C(Nc1ccc(Cl)cn1)C1CNc2ccccc21. The molecule has 2 aromatic rings. The molecule has 96 valence electrons. The van der Waals surface area contributed by atoms with Crippen LogP contribution in [-0.2, 0) is 4.79 Å². The molecule has 0 spiro atoms. The first-order chi connectivity index (χ1) is 9.24. The summed E-state index contributed by atoms with van der Waals surface area (Å²) in [4.78, 5) is 16.3. The number of fused-ring (bicyclic) bond motifs is 1. The fraction of sp³-hybridized carbons (Fsp3) is 0.143. The minimum atomic E-state index is -0.186. The lowest BCUT2D eigenvalue weighted by molar-refractivity contribution is -0.117. The first kappa shape index (κ1) is 12.0. The van der Waals surface area contributed by atoms with Crippen LogP contribution in [-0.4, -0.2) is 17.4 Å². The van der Waals surface area contributed by atoms with Crippen molar-refractivity contribution in [3.63, 3.8) is 0 Å². The highest BCUT2D eigenvalue weighted by molar-refractivity contribution is 6.30. The third kappa shape index (κ3) is 2.39. The van der Waals surface area contributed by atoms with E-state index in [9.17, 15) is 4.79 Å². The number of pyridine rings is 1. The number of para-hydroxylation sites is 1. The number of halogens is 1. The van der Waals surface area contributed by atoms with Crippen molar-refractivity contribution in [1.82, 2.24) is 4.98 Å². The van der Waals surface area contributed by atoms with Gasteiger partial charge in [-0.3, -0.25) is 4.79 Å². The number of carbonyl (C=O) groups excluding carboxylic acids is 1. The van der Waals surface area contributed by atoms with Gasteiger partial charge in [0.2, 0.25) is 5.91 Å². The van der Waals surface area contributed by atoms with Gasteiger partial charge in [-0.15, -0.1) is 0 Å². The van der Waals surface area contributed by atoms with Crippen LogP contribution >= 0.6 is 11.6 Å². The van der Waals surface area contributed by atoms with Gasteiger partial charge in [-0.25, -0.2) is 4.98 Å². The number of hydrogen-bond acceptors (Lipinski definition) is 3. The van der Waals surface area contributed by atoms with E-state index >= 15 is 0 Å². The van der Waals surface area contributed by atoms with Gasteiger partial charge in [0.05, 0.1) is 10.9 Å². The van der Waals surface area contributed by atoms with Crippen molar-refractivity contribution in [3.05, 3.63) is 53.2 Å². The molecule has 2 heterocycles. The first-order valence-electron chi connectivity index (χ1n) is 5.99. The Bertz CT molecular complexity index is 612. The Morgan fingerprint density at radius 3 is 2.95 bits per heavy atom. The molecule has 1 unspecified atom stereocenters. The Hall–Kier alpha value is -2.07. The van der Waals surface area contributed by atoms with E-state index in [1.54, 1.807) is 12.1 Å². The zero-order valence-corrected chi connectivity index (χ0v) is 10.8. The zero-order chi connectivity index (χ0) is 13.2. The van der Waals surface area contributed by atoms with E-state index in [0.717, 1.165) is 11.3 Å². The third-order valence-corrected chi connectivity index (χ3v) is 3.35. The second-order valence-corrected chi connectivity index (χ2v) is 4.81. The molecule has 5 heteroatoms. The van der Waals surface area contributed by atoms with Crippen LogP contribution < -0.4 is 10.6 Å². The summed E-state index contributed by atoms with van der Waals surface area (Å²) < 4.78 is 0. The van der Waals surface area contributed by atoms with Crippen LogP contribution in [0.1, 0.15) is 11.5 Å². The molecule has 2 N–H and O–H groups in total. The van der Waals surface area contributed by atoms with E-state index < -0.39 is 0 Å². The third-order valence-electron chi connectivity index (χ3n) is 3.13. The number of amides is 1.